The summed E-state index contributed by atoms with van der Waals surface area (Å²) in [5, 5.41) is 0. The van der Waals surface area contributed by atoms with Gasteiger partial charge in [-0.25, -0.2) is 0 Å². The third-order valence-electron chi connectivity index (χ3n) is 8.24. The molecule has 1 spiro atoms. The number of carbonyl (C=O) groups is 1. The fraction of sp³-hybridized carbons (Fsp3) is 0.444. The normalized spacial score (nSPS) is 32.6. The van der Waals surface area contributed by atoms with Crippen LogP contribution in [0.2, 0.25) is 0 Å². The summed E-state index contributed by atoms with van der Waals surface area (Å²) in [5.41, 5.74) is 2.70. The highest BCUT2D eigenvalue weighted by Crippen LogP contribution is 2.65. The summed E-state index contributed by atoms with van der Waals surface area (Å²) < 4.78 is 19.0. The van der Waals surface area contributed by atoms with Crippen molar-refractivity contribution in [2.45, 2.75) is 48.8 Å². The van der Waals surface area contributed by atoms with Gasteiger partial charge in [0.05, 0.1) is 24.7 Å². The monoisotopic (exact) mass is 431 g/mol. The Bertz CT molecular complexity index is 1100. The summed E-state index contributed by atoms with van der Waals surface area (Å²) in [6, 6.07) is 14.6. The molecule has 1 unspecified atom stereocenters. The number of carbonyl (C=O) groups excluding carboxylic acids is 1. The SMILES string of the molecule is COc1ccc2c3c1OC1C(=O)CC[C@@]4(OC/C=C/c5ccccc5)[C@@H](C2)N(C)CC[C@]314. The Labute approximate surface area is 189 Å². The van der Waals surface area contributed by atoms with Crippen LogP contribution >= 0.6 is 0 Å². The fourth-order valence-electron chi connectivity index (χ4n) is 6.90. The molecule has 2 aromatic carbocycles. The van der Waals surface area contributed by atoms with Crippen LogP contribution in [0.15, 0.2) is 48.5 Å². The number of methoxy groups -OCH3 is 1. The first-order valence-corrected chi connectivity index (χ1v) is 11.6. The number of ether oxygens (including phenoxy) is 3. The first-order valence-electron chi connectivity index (χ1n) is 11.6. The van der Waals surface area contributed by atoms with Gasteiger partial charge in [0.25, 0.3) is 0 Å². The van der Waals surface area contributed by atoms with Crippen molar-refractivity contribution < 1.29 is 19.0 Å². The van der Waals surface area contributed by atoms with Gasteiger partial charge in [0.1, 0.15) is 0 Å². The molecular formula is C27H29NO4. The van der Waals surface area contributed by atoms with Crippen LogP contribution in [-0.2, 0) is 21.4 Å². The summed E-state index contributed by atoms with van der Waals surface area (Å²) in [7, 11) is 3.86. The van der Waals surface area contributed by atoms with Gasteiger partial charge in [-0.15, -0.1) is 0 Å². The van der Waals surface area contributed by atoms with Crippen LogP contribution in [0.5, 0.6) is 11.5 Å². The van der Waals surface area contributed by atoms with Crippen LogP contribution in [0, 0.1) is 0 Å². The Kier molecular flexibility index (Phi) is 4.50. The predicted octanol–water partition coefficient (Wildman–Crippen LogP) is 3.79. The second kappa shape index (κ2) is 7.19. The highest BCUT2D eigenvalue weighted by atomic mass is 16.5. The van der Waals surface area contributed by atoms with Crippen molar-refractivity contribution in [1.82, 2.24) is 4.90 Å². The zero-order valence-corrected chi connectivity index (χ0v) is 18.7. The molecule has 0 amide bonds. The Morgan fingerprint density at radius 1 is 1.19 bits per heavy atom. The maximum Gasteiger partial charge on any atom is 0.174 e. The first kappa shape index (κ1) is 20.0. The van der Waals surface area contributed by atoms with Crippen LogP contribution < -0.4 is 9.47 Å². The van der Waals surface area contributed by atoms with Crippen molar-refractivity contribution >= 4 is 11.9 Å². The smallest absolute Gasteiger partial charge is 0.174 e. The molecule has 1 saturated carbocycles. The average molecular weight is 432 g/mol. The lowest BCUT2D eigenvalue weighted by Gasteiger charge is -2.63. The number of benzene rings is 2. The number of likely N-dealkylation sites (tertiary alicyclic amines) is 1. The molecule has 2 fully saturated rings. The van der Waals surface area contributed by atoms with Crippen LogP contribution in [0.25, 0.3) is 6.08 Å². The number of Topliss-reactive ketones (excluding diaryl/α,β-unsaturated/α-hetero) is 1. The van der Waals surface area contributed by atoms with Crippen LogP contribution in [0.3, 0.4) is 0 Å². The number of piperidine rings is 1. The van der Waals surface area contributed by atoms with E-state index in [0.717, 1.165) is 42.9 Å². The molecule has 2 heterocycles. The van der Waals surface area contributed by atoms with Gasteiger partial charge in [-0.1, -0.05) is 48.6 Å². The highest BCUT2D eigenvalue weighted by Gasteiger charge is 2.73. The molecular weight excluding hydrogens is 402 g/mol. The van der Waals surface area contributed by atoms with E-state index in [-0.39, 0.29) is 11.8 Å². The van der Waals surface area contributed by atoms with Gasteiger partial charge in [0.15, 0.2) is 23.4 Å². The van der Waals surface area contributed by atoms with E-state index in [4.69, 9.17) is 14.2 Å². The van der Waals surface area contributed by atoms with Gasteiger partial charge in [-0.05, 0) is 50.0 Å². The van der Waals surface area contributed by atoms with Crippen molar-refractivity contribution in [1.29, 1.82) is 0 Å². The Balaban J connectivity index is 1.45. The number of hydrogen-bond donors (Lipinski definition) is 0. The minimum absolute atomic E-state index is 0.193. The minimum Gasteiger partial charge on any atom is -0.493 e. The molecule has 4 aliphatic rings. The van der Waals surface area contributed by atoms with Crippen LogP contribution in [0.4, 0.5) is 0 Å². The highest BCUT2D eigenvalue weighted by molar-refractivity contribution is 5.90. The van der Waals surface area contributed by atoms with Gasteiger partial charge in [-0.2, -0.15) is 0 Å². The van der Waals surface area contributed by atoms with E-state index < -0.39 is 17.1 Å². The predicted molar refractivity (Wildman–Crippen MR) is 122 cm³/mol. The van der Waals surface area contributed by atoms with Crippen LogP contribution in [-0.4, -0.2) is 55.7 Å². The van der Waals surface area contributed by atoms with E-state index in [2.05, 4.69) is 42.3 Å². The van der Waals surface area contributed by atoms with E-state index in [9.17, 15) is 4.79 Å². The second-order valence-corrected chi connectivity index (χ2v) is 9.53. The first-order chi connectivity index (χ1) is 15.6. The molecule has 0 N–H and O–H groups in total. The van der Waals surface area contributed by atoms with E-state index in [1.807, 2.05) is 24.3 Å². The summed E-state index contributed by atoms with van der Waals surface area (Å²) in [6.07, 6.45) is 6.69. The fourth-order valence-corrected chi connectivity index (χ4v) is 6.90. The minimum atomic E-state index is -0.490. The molecule has 0 aromatic heterocycles. The molecule has 2 aromatic rings. The lowest BCUT2D eigenvalue weighted by Crippen LogP contribution is -2.77. The zero-order chi connectivity index (χ0) is 21.9. The molecule has 2 aliphatic carbocycles. The van der Waals surface area contributed by atoms with Crippen LogP contribution in [0.1, 0.15) is 36.0 Å². The summed E-state index contributed by atoms with van der Waals surface area (Å²) in [5.74, 6) is 1.68. The average Bonchev–Trinajstić information content (AvgIpc) is 3.18. The van der Waals surface area contributed by atoms with Crippen molar-refractivity contribution in [3.63, 3.8) is 0 Å². The zero-order valence-electron chi connectivity index (χ0n) is 18.7. The van der Waals surface area contributed by atoms with Gasteiger partial charge in [0, 0.05) is 18.0 Å². The standard InChI is InChI=1S/C27H29NO4/c1-28-15-14-26-23-19-10-11-21(30-2)24(23)32-25(26)20(29)12-13-27(26,22(28)17-19)31-16-6-9-18-7-4-3-5-8-18/h3-11,22,25H,12-17H2,1-2H3/b9-6+/t22-,25?,26+,27-/m1/s1. The Morgan fingerprint density at radius 3 is 2.84 bits per heavy atom. The number of likely N-dealkylation sites (N-methyl/N-ethyl adjacent to an activating group) is 1. The largest absolute Gasteiger partial charge is 0.493 e. The van der Waals surface area contributed by atoms with E-state index in [1.165, 1.54) is 11.1 Å². The van der Waals surface area contributed by atoms with E-state index in [0.29, 0.717) is 13.0 Å². The molecule has 0 radical (unpaired) electrons. The third-order valence-corrected chi connectivity index (χ3v) is 8.24. The number of ketones is 1. The molecule has 1 saturated heterocycles. The van der Waals surface area contributed by atoms with E-state index in [1.54, 1.807) is 7.11 Å². The molecule has 2 bridgehead atoms. The lowest BCUT2D eigenvalue weighted by atomic mass is 9.49. The van der Waals surface area contributed by atoms with Gasteiger partial charge >= 0.3 is 0 Å². The molecule has 6 rings (SSSR count). The third kappa shape index (κ3) is 2.49. The van der Waals surface area contributed by atoms with E-state index >= 15 is 0 Å². The summed E-state index contributed by atoms with van der Waals surface area (Å²) in [6.45, 7) is 1.44. The second-order valence-electron chi connectivity index (χ2n) is 9.53. The number of hydrogen-bond acceptors (Lipinski definition) is 5. The van der Waals surface area contributed by atoms with Gasteiger partial charge in [-0.3, -0.25) is 4.79 Å². The molecule has 4 atom stereocenters. The topological polar surface area (TPSA) is 48.0 Å². The Hall–Kier alpha value is -2.63. The quantitative estimate of drug-likeness (QED) is 0.721. The number of nitrogens with zero attached hydrogens (tertiary/aromatic N) is 1. The van der Waals surface area contributed by atoms with Crippen molar-refractivity contribution in [3.8, 4) is 11.5 Å². The molecule has 166 valence electrons. The maximum absolute atomic E-state index is 13.2. The van der Waals surface area contributed by atoms with Gasteiger partial charge in [0.2, 0.25) is 0 Å². The molecule has 5 nitrogen and oxygen atoms in total. The summed E-state index contributed by atoms with van der Waals surface area (Å²) in [4.78, 5) is 15.6. The van der Waals surface area contributed by atoms with Crippen molar-refractivity contribution in [2.75, 3.05) is 27.3 Å². The molecule has 5 heteroatoms. The molecule has 2 aliphatic heterocycles. The van der Waals surface area contributed by atoms with Crippen molar-refractivity contribution in [2.24, 2.45) is 0 Å². The number of rotatable bonds is 5. The summed E-state index contributed by atoms with van der Waals surface area (Å²) >= 11 is 0. The maximum atomic E-state index is 13.2. The van der Waals surface area contributed by atoms with Crippen molar-refractivity contribution in [3.05, 3.63) is 65.2 Å². The lowest BCUT2D eigenvalue weighted by molar-refractivity contribution is -0.205. The molecule has 32 heavy (non-hydrogen) atoms. The van der Waals surface area contributed by atoms with Gasteiger partial charge < -0.3 is 19.1 Å². The Morgan fingerprint density at radius 2 is 2.03 bits per heavy atom.